The van der Waals surface area contributed by atoms with Crippen LogP contribution in [0.1, 0.15) is 24.4 Å². The van der Waals surface area contributed by atoms with Gasteiger partial charge in [-0.25, -0.2) is 18.1 Å². The highest BCUT2D eigenvalue weighted by molar-refractivity contribution is 7.89. The predicted octanol–water partition coefficient (Wildman–Crippen LogP) is 1.89. The number of aliphatic hydroxyl groups excluding tert-OH is 1. The van der Waals surface area contributed by atoms with Gasteiger partial charge >= 0.3 is 0 Å². The van der Waals surface area contributed by atoms with Gasteiger partial charge < -0.3 is 14.6 Å². The number of nitrogens with zero attached hydrogens (tertiary/aromatic N) is 1. The average molecular weight is 378 g/mol. The fourth-order valence-electron chi connectivity index (χ4n) is 3.03. The molecule has 1 fully saturated rings. The van der Waals surface area contributed by atoms with Crippen LogP contribution in [0.3, 0.4) is 0 Å². The van der Waals surface area contributed by atoms with Crippen LogP contribution in [-0.2, 0) is 10.0 Å². The van der Waals surface area contributed by atoms with Crippen LogP contribution in [0.25, 0.3) is 0 Å². The summed E-state index contributed by atoms with van der Waals surface area (Å²) in [4.78, 5) is 4.32. The van der Waals surface area contributed by atoms with Crippen LogP contribution in [0.15, 0.2) is 47.5 Å². The van der Waals surface area contributed by atoms with Crippen molar-refractivity contribution in [3.05, 3.63) is 48.2 Å². The summed E-state index contributed by atoms with van der Waals surface area (Å²) in [5.74, 6) is 1.05. The van der Waals surface area contributed by atoms with Crippen molar-refractivity contribution in [2.24, 2.45) is 5.92 Å². The zero-order valence-corrected chi connectivity index (χ0v) is 15.4. The Labute approximate surface area is 153 Å². The van der Waals surface area contributed by atoms with Gasteiger partial charge in [-0.2, -0.15) is 0 Å². The number of rotatable bonds is 7. The SMILES string of the molecule is COc1ccc(S(=O)(=O)N[C@@H](c2ccc(OC)nc2)C2CC(O)C2)cc1. The molecule has 0 amide bonds. The van der Waals surface area contributed by atoms with Gasteiger partial charge in [0, 0.05) is 12.3 Å². The zero-order chi connectivity index (χ0) is 18.7. The molecule has 26 heavy (non-hydrogen) atoms. The fraction of sp³-hybridized carbons (Fsp3) is 0.389. The molecule has 1 saturated carbocycles. The van der Waals surface area contributed by atoms with Gasteiger partial charge in [0.1, 0.15) is 5.75 Å². The maximum Gasteiger partial charge on any atom is 0.241 e. The summed E-state index contributed by atoms with van der Waals surface area (Å²) in [6, 6.07) is 9.22. The van der Waals surface area contributed by atoms with Crippen molar-refractivity contribution in [2.45, 2.75) is 29.9 Å². The van der Waals surface area contributed by atoms with Gasteiger partial charge in [-0.15, -0.1) is 0 Å². The van der Waals surface area contributed by atoms with E-state index in [1.165, 1.54) is 26.4 Å². The van der Waals surface area contributed by atoms with Gasteiger partial charge in [0.25, 0.3) is 0 Å². The predicted molar refractivity (Wildman–Crippen MR) is 95.6 cm³/mol. The number of methoxy groups -OCH3 is 2. The first-order valence-corrected chi connectivity index (χ1v) is 9.75. The highest BCUT2D eigenvalue weighted by Crippen LogP contribution is 2.39. The third-order valence-electron chi connectivity index (χ3n) is 4.60. The third kappa shape index (κ3) is 3.98. The van der Waals surface area contributed by atoms with Crippen molar-refractivity contribution in [1.82, 2.24) is 9.71 Å². The van der Waals surface area contributed by atoms with Crippen LogP contribution in [0.2, 0.25) is 0 Å². The molecule has 1 aliphatic carbocycles. The monoisotopic (exact) mass is 378 g/mol. The highest BCUT2D eigenvalue weighted by Gasteiger charge is 2.37. The topological polar surface area (TPSA) is 97.8 Å². The van der Waals surface area contributed by atoms with E-state index in [0.29, 0.717) is 24.5 Å². The molecule has 0 aliphatic heterocycles. The molecular formula is C18H22N2O5S. The number of nitrogens with one attached hydrogen (secondary N) is 1. The van der Waals surface area contributed by atoms with E-state index >= 15 is 0 Å². The number of benzene rings is 1. The lowest BCUT2D eigenvalue weighted by Crippen LogP contribution is -2.41. The van der Waals surface area contributed by atoms with Crippen LogP contribution >= 0.6 is 0 Å². The lowest BCUT2D eigenvalue weighted by Gasteiger charge is -2.38. The van der Waals surface area contributed by atoms with Gasteiger partial charge in [-0.1, -0.05) is 6.07 Å². The molecule has 8 heteroatoms. The minimum absolute atomic E-state index is 0.00761. The molecule has 7 nitrogen and oxygen atoms in total. The molecule has 0 saturated heterocycles. The number of hydrogen-bond donors (Lipinski definition) is 2. The highest BCUT2D eigenvalue weighted by atomic mass is 32.2. The van der Waals surface area contributed by atoms with Crippen LogP contribution in [-0.4, -0.2) is 38.8 Å². The van der Waals surface area contributed by atoms with Crippen molar-refractivity contribution < 1.29 is 23.0 Å². The van der Waals surface area contributed by atoms with Crippen molar-refractivity contribution >= 4 is 10.0 Å². The number of aromatic nitrogens is 1. The van der Waals surface area contributed by atoms with Gasteiger partial charge in [0.05, 0.1) is 31.3 Å². The summed E-state index contributed by atoms with van der Waals surface area (Å²) in [5.41, 5.74) is 0.736. The number of hydrogen-bond acceptors (Lipinski definition) is 6. The molecule has 1 aromatic carbocycles. The Balaban J connectivity index is 1.86. The quantitative estimate of drug-likeness (QED) is 0.764. The summed E-state index contributed by atoms with van der Waals surface area (Å²) in [7, 11) is -0.687. The lowest BCUT2D eigenvalue weighted by molar-refractivity contribution is 0.0279. The zero-order valence-electron chi connectivity index (χ0n) is 14.6. The number of aliphatic hydroxyl groups is 1. The molecular weight excluding hydrogens is 356 g/mol. The summed E-state index contributed by atoms with van der Waals surface area (Å²) in [5, 5.41) is 9.64. The first-order chi connectivity index (χ1) is 12.4. The Morgan fingerprint density at radius 3 is 2.31 bits per heavy atom. The molecule has 3 rings (SSSR count). The second-order valence-corrected chi connectivity index (χ2v) is 8.01. The summed E-state index contributed by atoms with van der Waals surface area (Å²) >= 11 is 0. The van der Waals surface area contributed by atoms with Gasteiger partial charge in [0.15, 0.2) is 0 Å². The molecule has 0 bridgehead atoms. The van der Waals surface area contributed by atoms with Crippen LogP contribution in [0, 0.1) is 5.92 Å². The summed E-state index contributed by atoms with van der Waals surface area (Å²) < 4.78 is 38.5. The Morgan fingerprint density at radius 2 is 1.81 bits per heavy atom. The van der Waals surface area contributed by atoms with Gasteiger partial charge in [0.2, 0.25) is 15.9 Å². The fourth-order valence-corrected chi connectivity index (χ4v) is 4.32. The van der Waals surface area contributed by atoms with E-state index in [4.69, 9.17) is 9.47 Å². The second kappa shape index (κ2) is 7.61. The van der Waals surface area contributed by atoms with Crippen molar-refractivity contribution in [1.29, 1.82) is 0 Å². The second-order valence-electron chi connectivity index (χ2n) is 6.29. The smallest absolute Gasteiger partial charge is 0.241 e. The van der Waals surface area contributed by atoms with Gasteiger partial charge in [-0.3, -0.25) is 0 Å². The third-order valence-corrected chi connectivity index (χ3v) is 6.06. The maximum atomic E-state index is 12.8. The standard InChI is InChI=1S/C18H22N2O5S/c1-24-15-4-6-16(7-5-15)26(22,23)20-18(13-9-14(21)10-13)12-3-8-17(25-2)19-11-12/h3-8,11,13-14,18,20-21H,9-10H2,1-2H3/t13?,14?,18-/m0/s1. The number of pyridine rings is 1. The Morgan fingerprint density at radius 1 is 1.12 bits per heavy atom. The number of sulfonamides is 1. The van der Waals surface area contributed by atoms with Crippen molar-refractivity contribution in [3.8, 4) is 11.6 Å². The van der Waals surface area contributed by atoms with E-state index in [-0.39, 0.29) is 16.9 Å². The van der Waals surface area contributed by atoms with E-state index in [9.17, 15) is 13.5 Å². The average Bonchev–Trinajstić information content (AvgIpc) is 2.64. The van der Waals surface area contributed by atoms with Crippen LogP contribution in [0.4, 0.5) is 0 Å². The minimum Gasteiger partial charge on any atom is -0.497 e. The molecule has 0 spiro atoms. The minimum atomic E-state index is -3.73. The Hall–Kier alpha value is -2.16. The molecule has 2 N–H and O–H groups in total. The first-order valence-electron chi connectivity index (χ1n) is 8.27. The molecule has 0 radical (unpaired) electrons. The Kier molecular flexibility index (Phi) is 5.45. The molecule has 1 heterocycles. The summed E-state index contributed by atoms with van der Waals surface area (Å²) in [6.45, 7) is 0. The van der Waals surface area contributed by atoms with E-state index in [2.05, 4.69) is 9.71 Å². The van der Waals surface area contributed by atoms with Gasteiger partial charge in [-0.05, 0) is 48.6 Å². The van der Waals surface area contributed by atoms with E-state index in [1.807, 2.05) is 0 Å². The summed E-state index contributed by atoms with van der Waals surface area (Å²) in [6.07, 6.45) is 2.30. The van der Waals surface area contributed by atoms with E-state index < -0.39 is 16.1 Å². The molecule has 0 unspecified atom stereocenters. The van der Waals surface area contributed by atoms with E-state index in [1.54, 1.807) is 30.5 Å². The molecule has 1 atom stereocenters. The largest absolute Gasteiger partial charge is 0.497 e. The van der Waals surface area contributed by atoms with Crippen LogP contribution < -0.4 is 14.2 Å². The maximum absolute atomic E-state index is 12.8. The van der Waals surface area contributed by atoms with Crippen molar-refractivity contribution in [3.63, 3.8) is 0 Å². The number of ether oxygens (including phenoxy) is 2. The Bertz CT molecular complexity index is 831. The normalized spacial score (nSPS) is 20.9. The van der Waals surface area contributed by atoms with Crippen LogP contribution in [0.5, 0.6) is 11.6 Å². The molecule has 2 aromatic rings. The molecule has 1 aliphatic rings. The molecule has 1 aromatic heterocycles. The lowest BCUT2D eigenvalue weighted by atomic mass is 9.76. The van der Waals surface area contributed by atoms with Crippen molar-refractivity contribution in [2.75, 3.05) is 14.2 Å². The van der Waals surface area contributed by atoms with E-state index in [0.717, 1.165) is 5.56 Å². The molecule has 140 valence electrons. The first kappa shape index (κ1) is 18.6.